The van der Waals surface area contributed by atoms with E-state index in [1.807, 2.05) is 12.4 Å². The number of hydrogen-bond donors (Lipinski definition) is 0. The van der Waals surface area contributed by atoms with Crippen LogP contribution in [0, 0.1) is 0 Å². The van der Waals surface area contributed by atoms with Gasteiger partial charge in [0.1, 0.15) is 5.82 Å². The van der Waals surface area contributed by atoms with Crippen LogP contribution < -0.4 is 5.46 Å². The van der Waals surface area contributed by atoms with Crippen molar-refractivity contribution in [3.05, 3.63) is 18.2 Å². The van der Waals surface area contributed by atoms with Crippen LogP contribution in [-0.2, 0) is 9.31 Å². The van der Waals surface area contributed by atoms with Crippen LogP contribution in [0.4, 0.5) is 0 Å². The SMILES string of the molecule is CC(C)N1CCC(c2ncc(B3OC(C)(C)C(C)(C)O3)cn2)CC1. The summed E-state index contributed by atoms with van der Waals surface area (Å²) in [5.74, 6) is 1.42. The molecule has 0 aliphatic carbocycles. The number of nitrogens with zero attached hydrogens (tertiary/aromatic N) is 3. The molecule has 1 aromatic rings. The third-order valence-corrected chi connectivity index (χ3v) is 5.84. The first kappa shape index (κ1) is 17.8. The van der Waals surface area contributed by atoms with Gasteiger partial charge in [-0.3, -0.25) is 0 Å². The second-order valence-electron chi connectivity index (χ2n) is 8.37. The fraction of sp³-hybridized carbons (Fsp3) is 0.778. The molecule has 132 valence electrons. The number of piperidine rings is 1. The van der Waals surface area contributed by atoms with Crippen molar-refractivity contribution in [1.82, 2.24) is 14.9 Å². The molecule has 0 aromatic carbocycles. The van der Waals surface area contributed by atoms with Gasteiger partial charge in [0.2, 0.25) is 0 Å². The molecule has 0 unspecified atom stereocenters. The summed E-state index contributed by atoms with van der Waals surface area (Å²) in [5.41, 5.74) is 0.233. The van der Waals surface area contributed by atoms with Crippen molar-refractivity contribution >= 4 is 12.6 Å². The third-order valence-electron chi connectivity index (χ3n) is 5.84. The Balaban J connectivity index is 1.65. The van der Waals surface area contributed by atoms with Crippen LogP contribution in [0.1, 0.15) is 66.1 Å². The molecule has 2 aliphatic rings. The Morgan fingerprint density at radius 3 is 2.00 bits per heavy atom. The highest BCUT2D eigenvalue weighted by molar-refractivity contribution is 6.61. The molecule has 6 heteroatoms. The van der Waals surface area contributed by atoms with Gasteiger partial charge in [-0.25, -0.2) is 9.97 Å². The largest absolute Gasteiger partial charge is 0.498 e. The minimum absolute atomic E-state index is 0.333. The van der Waals surface area contributed by atoms with E-state index < -0.39 is 0 Å². The van der Waals surface area contributed by atoms with Crippen LogP contribution in [0.15, 0.2) is 12.4 Å². The van der Waals surface area contributed by atoms with Crippen LogP contribution in [0.2, 0.25) is 0 Å². The van der Waals surface area contributed by atoms with E-state index in [9.17, 15) is 0 Å². The lowest BCUT2D eigenvalue weighted by Gasteiger charge is -2.33. The van der Waals surface area contributed by atoms with Crippen molar-refractivity contribution in [2.24, 2.45) is 0 Å². The van der Waals surface area contributed by atoms with Crippen molar-refractivity contribution in [2.75, 3.05) is 13.1 Å². The Kier molecular flexibility index (Phi) is 4.75. The second-order valence-corrected chi connectivity index (χ2v) is 8.37. The fourth-order valence-electron chi connectivity index (χ4n) is 3.33. The summed E-state index contributed by atoms with van der Waals surface area (Å²) in [7, 11) is -0.383. The Bertz CT molecular complexity index is 550. The summed E-state index contributed by atoms with van der Waals surface area (Å²) in [6.45, 7) is 15.0. The zero-order valence-corrected chi connectivity index (χ0v) is 15.9. The molecule has 0 bridgehead atoms. The Hall–Kier alpha value is -0.975. The average Bonchev–Trinajstić information content (AvgIpc) is 2.76. The molecule has 0 amide bonds. The van der Waals surface area contributed by atoms with E-state index in [1.54, 1.807) is 0 Å². The van der Waals surface area contributed by atoms with Gasteiger partial charge in [0.25, 0.3) is 0 Å². The summed E-state index contributed by atoms with van der Waals surface area (Å²) >= 11 is 0. The van der Waals surface area contributed by atoms with Crippen molar-refractivity contribution in [3.8, 4) is 0 Å². The van der Waals surface area contributed by atoms with E-state index in [-0.39, 0.29) is 18.3 Å². The summed E-state index contributed by atoms with van der Waals surface area (Å²) in [6.07, 6.45) is 6.01. The van der Waals surface area contributed by atoms with E-state index >= 15 is 0 Å². The highest BCUT2D eigenvalue weighted by Gasteiger charge is 2.52. The number of aromatic nitrogens is 2. The molecular formula is C18H30BN3O2. The highest BCUT2D eigenvalue weighted by Crippen LogP contribution is 2.36. The molecular weight excluding hydrogens is 301 g/mol. The van der Waals surface area contributed by atoms with Crippen LogP contribution >= 0.6 is 0 Å². The van der Waals surface area contributed by atoms with E-state index in [1.165, 1.54) is 0 Å². The van der Waals surface area contributed by atoms with Gasteiger partial charge in [-0.2, -0.15) is 0 Å². The summed E-state index contributed by atoms with van der Waals surface area (Å²) in [6, 6.07) is 0.623. The Morgan fingerprint density at radius 2 is 1.54 bits per heavy atom. The molecule has 24 heavy (non-hydrogen) atoms. The zero-order valence-electron chi connectivity index (χ0n) is 15.9. The Labute approximate surface area is 146 Å². The zero-order chi connectivity index (χ0) is 17.5. The maximum atomic E-state index is 6.07. The van der Waals surface area contributed by atoms with Gasteiger partial charge in [0, 0.05) is 29.8 Å². The second kappa shape index (κ2) is 6.39. The van der Waals surface area contributed by atoms with Gasteiger partial charge in [-0.1, -0.05) is 0 Å². The first-order valence-corrected chi connectivity index (χ1v) is 9.11. The predicted octanol–water partition coefficient (Wildman–Crippen LogP) is 2.36. The smallest absolute Gasteiger partial charge is 0.399 e. The number of hydrogen-bond acceptors (Lipinski definition) is 5. The summed E-state index contributed by atoms with van der Waals surface area (Å²) in [5, 5.41) is 0. The summed E-state index contributed by atoms with van der Waals surface area (Å²) in [4.78, 5) is 11.8. The maximum Gasteiger partial charge on any atom is 0.498 e. The van der Waals surface area contributed by atoms with Crippen LogP contribution in [0.3, 0.4) is 0 Å². The van der Waals surface area contributed by atoms with Gasteiger partial charge >= 0.3 is 7.12 Å². The molecule has 1 aromatic heterocycles. The van der Waals surface area contributed by atoms with E-state index in [0.717, 1.165) is 37.2 Å². The van der Waals surface area contributed by atoms with Crippen molar-refractivity contribution < 1.29 is 9.31 Å². The molecule has 3 rings (SSSR count). The quantitative estimate of drug-likeness (QED) is 0.796. The predicted molar refractivity (Wildman–Crippen MR) is 96.4 cm³/mol. The van der Waals surface area contributed by atoms with Gasteiger partial charge in [0.15, 0.2) is 0 Å². The molecule has 2 fully saturated rings. The van der Waals surface area contributed by atoms with E-state index in [2.05, 4.69) is 56.4 Å². The van der Waals surface area contributed by atoms with E-state index in [4.69, 9.17) is 9.31 Å². The monoisotopic (exact) mass is 331 g/mol. The first-order valence-electron chi connectivity index (χ1n) is 9.11. The lowest BCUT2D eigenvalue weighted by Crippen LogP contribution is -2.41. The normalized spacial score (nSPS) is 24.7. The molecule has 2 aliphatic heterocycles. The lowest BCUT2D eigenvalue weighted by molar-refractivity contribution is 0.00578. The minimum Gasteiger partial charge on any atom is -0.399 e. The number of likely N-dealkylation sites (tertiary alicyclic amines) is 1. The van der Waals surface area contributed by atoms with Crippen LogP contribution in [-0.4, -0.2) is 52.3 Å². The van der Waals surface area contributed by atoms with Crippen molar-refractivity contribution in [3.63, 3.8) is 0 Å². The van der Waals surface area contributed by atoms with E-state index in [0.29, 0.717) is 12.0 Å². The topological polar surface area (TPSA) is 47.5 Å². The van der Waals surface area contributed by atoms with Gasteiger partial charge in [-0.05, 0) is 67.5 Å². The molecule has 0 saturated carbocycles. The Morgan fingerprint density at radius 1 is 1.04 bits per heavy atom. The average molecular weight is 331 g/mol. The van der Waals surface area contributed by atoms with Crippen LogP contribution in [0.25, 0.3) is 0 Å². The number of rotatable bonds is 3. The fourth-order valence-corrected chi connectivity index (χ4v) is 3.33. The third kappa shape index (κ3) is 3.37. The van der Waals surface area contributed by atoms with Crippen LogP contribution in [0.5, 0.6) is 0 Å². The van der Waals surface area contributed by atoms with Gasteiger partial charge < -0.3 is 14.2 Å². The lowest BCUT2D eigenvalue weighted by atomic mass is 9.81. The molecule has 3 heterocycles. The first-order chi connectivity index (χ1) is 11.2. The summed E-state index contributed by atoms with van der Waals surface area (Å²) < 4.78 is 12.1. The molecule has 0 radical (unpaired) electrons. The van der Waals surface area contributed by atoms with Crippen molar-refractivity contribution in [1.29, 1.82) is 0 Å². The molecule has 0 N–H and O–H groups in total. The minimum atomic E-state index is -0.383. The molecule has 5 nitrogen and oxygen atoms in total. The standard InChI is InChI=1S/C18H30BN3O2/c1-13(2)22-9-7-14(8-10-22)16-20-11-15(12-21-16)19-23-17(3,4)18(5,6)24-19/h11-14H,7-10H2,1-6H3. The maximum absolute atomic E-state index is 6.07. The van der Waals surface area contributed by atoms with Crippen molar-refractivity contribution in [2.45, 2.75) is 77.5 Å². The van der Waals surface area contributed by atoms with Gasteiger partial charge in [-0.15, -0.1) is 0 Å². The molecule has 0 spiro atoms. The highest BCUT2D eigenvalue weighted by atomic mass is 16.7. The molecule has 2 saturated heterocycles. The molecule has 0 atom stereocenters. The van der Waals surface area contributed by atoms with Gasteiger partial charge in [0.05, 0.1) is 11.2 Å².